The number of fused-ring (bicyclic) bond motifs is 1. The normalized spacial score (nSPS) is 16.5. The summed E-state index contributed by atoms with van der Waals surface area (Å²) in [5, 5.41) is 13.2. The van der Waals surface area contributed by atoms with E-state index in [1.807, 2.05) is 24.3 Å². The second-order valence-corrected chi connectivity index (χ2v) is 4.50. The number of anilines is 1. The minimum absolute atomic E-state index is 0.0387. The average molecular weight is 290 g/mol. The number of benzene rings is 1. The van der Waals surface area contributed by atoms with E-state index in [1.54, 1.807) is 0 Å². The molecule has 3 N–H and O–H groups in total. The zero-order chi connectivity index (χ0) is 14.7. The molecule has 9 nitrogen and oxygen atoms in total. The highest BCUT2D eigenvalue weighted by molar-refractivity contribution is 5.75. The predicted molar refractivity (Wildman–Crippen MR) is 71.6 cm³/mol. The van der Waals surface area contributed by atoms with Crippen LogP contribution in [-0.2, 0) is 11.3 Å². The molecule has 0 radical (unpaired) electrons. The molecule has 0 bridgehead atoms. The Kier molecular flexibility index (Phi) is 3.54. The number of hydrogen-bond acceptors (Lipinski definition) is 7. The molecule has 1 aliphatic heterocycles. The molecule has 1 atom stereocenters. The highest BCUT2D eigenvalue weighted by Crippen LogP contribution is 2.30. The molecule has 3 rings (SSSR count). The maximum atomic E-state index is 11.8. The lowest BCUT2D eigenvalue weighted by molar-refractivity contribution is -0.122. The second kappa shape index (κ2) is 5.65. The highest BCUT2D eigenvalue weighted by Gasteiger charge is 2.21. The van der Waals surface area contributed by atoms with Crippen LogP contribution in [0.15, 0.2) is 24.3 Å². The van der Waals surface area contributed by atoms with E-state index in [9.17, 15) is 4.79 Å². The summed E-state index contributed by atoms with van der Waals surface area (Å²) in [5.41, 5.74) is 5.48. The fourth-order valence-corrected chi connectivity index (χ4v) is 1.91. The van der Waals surface area contributed by atoms with Crippen molar-refractivity contribution < 1.29 is 14.3 Å². The number of ether oxygens (including phenoxy) is 2. The van der Waals surface area contributed by atoms with Crippen molar-refractivity contribution in [2.75, 3.05) is 18.9 Å². The van der Waals surface area contributed by atoms with Crippen LogP contribution in [0.5, 0.6) is 11.5 Å². The molecule has 0 fully saturated rings. The first-order valence-electron chi connectivity index (χ1n) is 6.39. The minimum Gasteiger partial charge on any atom is -0.486 e. The van der Waals surface area contributed by atoms with Crippen LogP contribution in [0.2, 0.25) is 0 Å². The Morgan fingerprint density at radius 2 is 2.24 bits per heavy atom. The lowest BCUT2D eigenvalue weighted by atomic mass is 10.2. The summed E-state index contributed by atoms with van der Waals surface area (Å²) in [6, 6.07) is 7.40. The fourth-order valence-electron chi connectivity index (χ4n) is 1.91. The Morgan fingerprint density at radius 3 is 3.00 bits per heavy atom. The average Bonchev–Trinajstić information content (AvgIpc) is 2.90. The number of nitrogens with one attached hydrogen (secondary N) is 1. The summed E-state index contributed by atoms with van der Waals surface area (Å²) in [6.45, 7) is 0.669. The number of nitrogen functional groups attached to an aromatic ring is 1. The van der Waals surface area contributed by atoms with Gasteiger partial charge in [0.15, 0.2) is 11.5 Å². The molecule has 0 spiro atoms. The summed E-state index contributed by atoms with van der Waals surface area (Å²) in [6.07, 6.45) is -0.241. The Labute approximate surface area is 120 Å². The Bertz CT molecular complexity index is 643. The molecule has 110 valence electrons. The van der Waals surface area contributed by atoms with Crippen molar-refractivity contribution in [1.82, 2.24) is 25.5 Å². The van der Waals surface area contributed by atoms with Gasteiger partial charge in [0.25, 0.3) is 0 Å². The van der Waals surface area contributed by atoms with Gasteiger partial charge in [-0.15, -0.1) is 0 Å². The third kappa shape index (κ3) is 3.02. The highest BCUT2D eigenvalue weighted by atomic mass is 16.6. The summed E-state index contributed by atoms with van der Waals surface area (Å²) < 4.78 is 12.5. The van der Waals surface area contributed by atoms with Crippen molar-refractivity contribution in [2.24, 2.45) is 0 Å². The maximum Gasteiger partial charge on any atom is 0.242 e. The first-order chi connectivity index (χ1) is 10.2. The third-order valence-electron chi connectivity index (χ3n) is 2.95. The first kappa shape index (κ1) is 13.2. The van der Waals surface area contributed by atoms with Crippen molar-refractivity contribution in [2.45, 2.75) is 12.6 Å². The zero-order valence-corrected chi connectivity index (χ0v) is 11.1. The van der Waals surface area contributed by atoms with Crippen LogP contribution in [0.3, 0.4) is 0 Å². The molecule has 0 aliphatic carbocycles. The summed E-state index contributed by atoms with van der Waals surface area (Å²) in [5.74, 6) is 1.22. The molecule has 2 heterocycles. The summed E-state index contributed by atoms with van der Waals surface area (Å²) in [4.78, 5) is 11.8. The number of tetrazole rings is 1. The Morgan fingerprint density at radius 1 is 1.43 bits per heavy atom. The monoisotopic (exact) mass is 290 g/mol. The van der Waals surface area contributed by atoms with Crippen LogP contribution >= 0.6 is 0 Å². The number of amides is 1. The number of hydrogen-bond donors (Lipinski definition) is 2. The molecule has 21 heavy (non-hydrogen) atoms. The number of para-hydroxylation sites is 2. The van der Waals surface area contributed by atoms with E-state index in [4.69, 9.17) is 15.2 Å². The smallest absolute Gasteiger partial charge is 0.242 e. The fraction of sp³-hybridized carbons (Fsp3) is 0.333. The molecule has 1 aromatic heterocycles. The van der Waals surface area contributed by atoms with Gasteiger partial charge in [0.1, 0.15) is 19.3 Å². The minimum atomic E-state index is -0.253. The SMILES string of the molecule is Nc1nnnn1CC(=O)NCC1COc2ccccc2O1. The third-order valence-corrected chi connectivity index (χ3v) is 2.95. The number of carbonyl (C=O) groups excluding carboxylic acids is 1. The van der Waals surface area contributed by atoms with E-state index in [1.165, 1.54) is 4.68 Å². The molecular formula is C12H14N6O3. The second-order valence-electron chi connectivity index (χ2n) is 4.50. The number of carbonyl (C=O) groups is 1. The van der Waals surface area contributed by atoms with Crippen LogP contribution in [0.1, 0.15) is 0 Å². The van der Waals surface area contributed by atoms with E-state index in [0.29, 0.717) is 24.7 Å². The molecule has 1 aromatic carbocycles. The van der Waals surface area contributed by atoms with Crippen molar-refractivity contribution in [3.05, 3.63) is 24.3 Å². The first-order valence-corrected chi connectivity index (χ1v) is 6.39. The number of rotatable bonds is 4. The van der Waals surface area contributed by atoms with Gasteiger partial charge in [-0.25, -0.2) is 4.68 Å². The molecule has 9 heteroatoms. The number of aromatic nitrogens is 4. The van der Waals surface area contributed by atoms with Crippen molar-refractivity contribution in [3.8, 4) is 11.5 Å². The molecule has 1 amide bonds. The van der Waals surface area contributed by atoms with E-state index in [-0.39, 0.29) is 24.5 Å². The standard InChI is InChI=1S/C12H14N6O3/c13-12-15-16-17-18(12)6-11(19)14-5-8-7-20-9-3-1-2-4-10(9)21-8/h1-4,8H,5-7H2,(H,14,19)(H2,13,15,17). The molecule has 1 unspecified atom stereocenters. The lowest BCUT2D eigenvalue weighted by Crippen LogP contribution is -2.41. The maximum absolute atomic E-state index is 11.8. The van der Waals surface area contributed by atoms with E-state index in [0.717, 1.165) is 0 Å². The molecule has 0 saturated heterocycles. The number of nitrogens with two attached hydrogens (primary N) is 1. The summed E-state index contributed by atoms with van der Waals surface area (Å²) in [7, 11) is 0. The van der Waals surface area contributed by atoms with Gasteiger partial charge in [-0.2, -0.15) is 0 Å². The zero-order valence-electron chi connectivity index (χ0n) is 11.1. The van der Waals surface area contributed by atoms with E-state index < -0.39 is 0 Å². The van der Waals surface area contributed by atoms with Crippen molar-refractivity contribution in [1.29, 1.82) is 0 Å². The van der Waals surface area contributed by atoms with Crippen LogP contribution < -0.4 is 20.5 Å². The molecule has 1 aliphatic rings. The van der Waals surface area contributed by atoms with Gasteiger partial charge in [0.05, 0.1) is 6.54 Å². The van der Waals surface area contributed by atoms with Crippen LogP contribution in [0.4, 0.5) is 5.95 Å². The molecule has 2 aromatic rings. The van der Waals surface area contributed by atoms with Crippen LogP contribution in [0.25, 0.3) is 0 Å². The summed E-state index contributed by atoms with van der Waals surface area (Å²) >= 11 is 0. The number of nitrogens with zero attached hydrogens (tertiary/aromatic N) is 4. The molecular weight excluding hydrogens is 276 g/mol. The quantitative estimate of drug-likeness (QED) is 0.757. The van der Waals surface area contributed by atoms with E-state index >= 15 is 0 Å². The Hall–Kier alpha value is -2.84. The van der Waals surface area contributed by atoms with Gasteiger partial charge >= 0.3 is 0 Å². The van der Waals surface area contributed by atoms with Gasteiger partial charge < -0.3 is 20.5 Å². The van der Waals surface area contributed by atoms with Gasteiger partial charge in [0, 0.05) is 0 Å². The lowest BCUT2D eigenvalue weighted by Gasteiger charge is -2.26. The topological polar surface area (TPSA) is 117 Å². The van der Waals surface area contributed by atoms with E-state index in [2.05, 4.69) is 20.8 Å². The van der Waals surface area contributed by atoms with Crippen molar-refractivity contribution >= 4 is 11.9 Å². The Balaban J connectivity index is 1.50. The predicted octanol–water partition coefficient (Wildman–Crippen LogP) is -0.789. The van der Waals surface area contributed by atoms with Gasteiger partial charge in [-0.05, 0) is 22.6 Å². The van der Waals surface area contributed by atoms with Crippen LogP contribution in [0, 0.1) is 0 Å². The van der Waals surface area contributed by atoms with Gasteiger partial charge in [-0.1, -0.05) is 17.2 Å². The van der Waals surface area contributed by atoms with Crippen molar-refractivity contribution in [3.63, 3.8) is 0 Å². The van der Waals surface area contributed by atoms with Gasteiger partial charge in [-0.3, -0.25) is 4.79 Å². The van der Waals surface area contributed by atoms with Crippen LogP contribution in [-0.4, -0.2) is 45.4 Å². The van der Waals surface area contributed by atoms with Gasteiger partial charge in [0.2, 0.25) is 11.9 Å². The largest absolute Gasteiger partial charge is 0.486 e. The molecule has 0 saturated carbocycles.